The predicted molar refractivity (Wildman–Crippen MR) is 89.1 cm³/mol. The van der Waals surface area contributed by atoms with Crippen LogP contribution in [-0.4, -0.2) is 26.7 Å². The average Bonchev–Trinajstić information content (AvgIpc) is 2.90. The Kier molecular flexibility index (Phi) is 5.09. The third kappa shape index (κ3) is 3.65. The Balaban J connectivity index is 2.45. The number of nitrogens with one attached hydrogen (secondary N) is 1. The molecule has 7 nitrogen and oxygen atoms in total. The molecule has 24 heavy (non-hydrogen) atoms. The van der Waals surface area contributed by atoms with E-state index in [1.165, 1.54) is 19.2 Å². The van der Waals surface area contributed by atoms with Gasteiger partial charge in [-0.1, -0.05) is 17.4 Å². The van der Waals surface area contributed by atoms with Gasteiger partial charge in [-0.25, -0.2) is 12.8 Å². The van der Waals surface area contributed by atoms with Crippen LogP contribution in [0.4, 0.5) is 15.1 Å². The number of hydrogen-bond donors (Lipinski definition) is 1. The van der Waals surface area contributed by atoms with Gasteiger partial charge in [0, 0.05) is 12.3 Å². The second kappa shape index (κ2) is 6.73. The summed E-state index contributed by atoms with van der Waals surface area (Å²) in [4.78, 5) is 10.5. The van der Waals surface area contributed by atoms with Crippen molar-refractivity contribution in [3.05, 3.63) is 45.8 Å². The van der Waals surface area contributed by atoms with Crippen molar-refractivity contribution in [3.63, 3.8) is 0 Å². The summed E-state index contributed by atoms with van der Waals surface area (Å²) in [6, 6.07) is 4.63. The summed E-state index contributed by atoms with van der Waals surface area (Å²) in [6.45, 7) is 1.60. The van der Waals surface area contributed by atoms with Gasteiger partial charge < -0.3 is 10.1 Å². The fraction of sp³-hybridized carbons (Fsp3) is 0.286. The summed E-state index contributed by atoms with van der Waals surface area (Å²) >= 11 is 0.733. The van der Waals surface area contributed by atoms with Crippen LogP contribution in [0.3, 0.4) is 0 Å². The highest BCUT2D eigenvalue weighted by atomic mass is 32.2. The molecule has 0 bridgehead atoms. The van der Waals surface area contributed by atoms with Gasteiger partial charge in [0.25, 0.3) is 0 Å². The molecule has 130 valence electrons. The quantitative estimate of drug-likeness (QED) is 0.615. The van der Waals surface area contributed by atoms with E-state index >= 15 is 0 Å². The van der Waals surface area contributed by atoms with Crippen molar-refractivity contribution < 1.29 is 22.5 Å². The number of nitro groups is 1. The van der Waals surface area contributed by atoms with Gasteiger partial charge in [0.2, 0.25) is 0 Å². The van der Waals surface area contributed by atoms with E-state index in [4.69, 9.17) is 4.74 Å². The van der Waals surface area contributed by atoms with Crippen molar-refractivity contribution in [1.29, 1.82) is 0 Å². The lowest BCUT2D eigenvalue weighted by Gasteiger charge is -2.17. The molecule has 2 aromatic rings. The first-order chi connectivity index (χ1) is 11.1. The lowest BCUT2D eigenvalue weighted by atomic mass is 10.1. The zero-order chi connectivity index (χ0) is 18.1. The van der Waals surface area contributed by atoms with E-state index < -0.39 is 26.6 Å². The van der Waals surface area contributed by atoms with Gasteiger partial charge in [0.15, 0.2) is 14.8 Å². The van der Waals surface area contributed by atoms with Crippen molar-refractivity contribution >= 4 is 31.9 Å². The highest BCUT2D eigenvalue weighted by Gasteiger charge is 2.26. The summed E-state index contributed by atoms with van der Waals surface area (Å²) in [5.74, 6) is -0.241. The van der Waals surface area contributed by atoms with Crippen LogP contribution in [0.2, 0.25) is 0 Å². The van der Waals surface area contributed by atoms with Crippen LogP contribution >= 0.6 is 11.3 Å². The summed E-state index contributed by atoms with van der Waals surface area (Å²) in [5, 5.41) is 14.0. The molecule has 0 saturated heterocycles. The van der Waals surface area contributed by atoms with Gasteiger partial charge in [-0.3, -0.25) is 10.1 Å². The molecule has 0 saturated carbocycles. The van der Waals surface area contributed by atoms with Gasteiger partial charge in [-0.05, 0) is 19.1 Å². The van der Waals surface area contributed by atoms with Crippen LogP contribution in [0.5, 0.6) is 5.75 Å². The molecule has 1 atom stereocenters. The maximum atomic E-state index is 14.1. The third-order valence-electron chi connectivity index (χ3n) is 3.27. The molecule has 0 aliphatic heterocycles. The van der Waals surface area contributed by atoms with Crippen LogP contribution in [0.15, 0.2) is 28.5 Å². The monoisotopic (exact) mass is 374 g/mol. The molecular formula is C14H15FN2O5S2. The number of hydrogen-bond acceptors (Lipinski definition) is 7. The van der Waals surface area contributed by atoms with Crippen LogP contribution < -0.4 is 10.1 Å². The number of halogens is 1. The van der Waals surface area contributed by atoms with Crippen molar-refractivity contribution in [2.24, 2.45) is 0 Å². The number of sulfone groups is 1. The molecule has 0 aliphatic carbocycles. The molecule has 0 fully saturated rings. The van der Waals surface area contributed by atoms with E-state index in [-0.39, 0.29) is 26.2 Å². The number of thiophene rings is 1. The number of nitrogens with zero attached hydrogens (tertiary/aromatic N) is 1. The van der Waals surface area contributed by atoms with Gasteiger partial charge in [0.05, 0.1) is 23.6 Å². The Morgan fingerprint density at radius 2 is 2.08 bits per heavy atom. The number of anilines is 1. The normalized spacial score (nSPS) is 12.7. The minimum Gasteiger partial charge on any atom is -0.496 e. The molecular weight excluding hydrogens is 359 g/mol. The van der Waals surface area contributed by atoms with E-state index in [1.54, 1.807) is 13.0 Å². The maximum absolute atomic E-state index is 14.1. The summed E-state index contributed by atoms with van der Waals surface area (Å²) in [5.41, 5.74) is -0.175. The second-order valence-corrected chi connectivity index (χ2v) is 8.33. The number of methoxy groups -OCH3 is 1. The van der Waals surface area contributed by atoms with Crippen LogP contribution in [-0.2, 0) is 9.84 Å². The number of rotatable bonds is 6. The summed E-state index contributed by atoms with van der Waals surface area (Å²) < 4.78 is 42.3. The maximum Gasteiger partial charge on any atom is 0.304 e. The fourth-order valence-corrected chi connectivity index (χ4v) is 4.19. The summed E-state index contributed by atoms with van der Waals surface area (Å²) in [6.07, 6.45) is 0.968. The molecule has 0 amide bonds. The van der Waals surface area contributed by atoms with Crippen molar-refractivity contribution in [1.82, 2.24) is 0 Å². The molecule has 1 aromatic carbocycles. The lowest BCUT2D eigenvalue weighted by Crippen LogP contribution is -2.10. The Morgan fingerprint density at radius 3 is 2.62 bits per heavy atom. The minimum absolute atomic E-state index is 0.0400. The van der Waals surface area contributed by atoms with Crippen molar-refractivity contribution in [2.45, 2.75) is 17.2 Å². The highest BCUT2D eigenvalue weighted by Crippen LogP contribution is 2.40. The molecule has 1 N–H and O–H groups in total. The molecule has 1 heterocycles. The van der Waals surface area contributed by atoms with Crippen LogP contribution in [0.25, 0.3) is 0 Å². The van der Waals surface area contributed by atoms with E-state index in [2.05, 4.69) is 5.32 Å². The van der Waals surface area contributed by atoms with E-state index in [1.807, 2.05) is 0 Å². The van der Waals surface area contributed by atoms with Crippen molar-refractivity contribution in [2.75, 3.05) is 18.7 Å². The predicted octanol–water partition coefficient (Wildman–Crippen LogP) is 3.38. The largest absolute Gasteiger partial charge is 0.496 e. The standard InChI is InChI=1S/C14H15FN2O5S2/c1-8(13-9(15)5-4-6-11(13)22-2)16-14-10(17(18)19)7-12(23-14)24(3,20)21/h4-8,16H,1-3H3. The van der Waals surface area contributed by atoms with Gasteiger partial charge in [-0.15, -0.1) is 0 Å². The smallest absolute Gasteiger partial charge is 0.304 e. The van der Waals surface area contributed by atoms with Crippen molar-refractivity contribution in [3.8, 4) is 5.75 Å². The van der Waals surface area contributed by atoms with Crippen LogP contribution in [0, 0.1) is 15.9 Å². The second-order valence-electron chi connectivity index (χ2n) is 5.03. The highest BCUT2D eigenvalue weighted by molar-refractivity contribution is 7.92. The number of ether oxygens (including phenoxy) is 1. The molecule has 2 rings (SSSR count). The lowest BCUT2D eigenvalue weighted by molar-refractivity contribution is -0.383. The summed E-state index contributed by atoms with van der Waals surface area (Å²) in [7, 11) is -2.19. The van der Waals surface area contributed by atoms with E-state index in [9.17, 15) is 22.9 Å². The number of benzene rings is 1. The molecule has 10 heteroatoms. The SMILES string of the molecule is COc1cccc(F)c1C(C)Nc1sc(S(C)(=O)=O)cc1[N+](=O)[O-]. The fourth-order valence-electron chi connectivity index (χ4n) is 2.17. The third-order valence-corrected chi connectivity index (χ3v) is 6.12. The Bertz CT molecular complexity index is 879. The minimum atomic E-state index is -3.58. The molecule has 0 spiro atoms. The Labute approximate surface area is 142 Å². The first-order valence-corrected chi connectivity index (χ1v) is 9.43. The van der Waals surface area contributed by atoms with E-state index in [0.29, 0.717) is 0 Å². The molecule has 1 unspecified atom stereocenters. The topological polar surface area (TPSA) is 98.5 Å². The Morgan fingerprint density at radius 1 is 1.42 bits per heavy atom. The zero-order valence-electron chi connectivity index (χ0n) is 13.1. The molecule has 0 radical (unpaired) electrons. The molecule has 0 aliphatic rings. The average molecular weight is 374 g/mol. The van der Waals surface area contributed by atoms with E-state index in [0.717, 1.165) is 23.7 Å². The Hall–Kier alpha value is -2.20. The van der Waals surface area contributed by atoms with Gasteiger partial charge >= 0.3 is 5.69 Å². The van der Waals surface area contributed by atoms with Gasteiger partial charge in [0.1, 0.15) is 15.8 Å². The first kappa shape index (κ1) is 18.1. The zero-order valence-corrected chi connectivity index (χ0v) is 14.7. The van der Waals surface area contributed by atoms with Crippen LogP contribution in [0.1, 0.15) is 18.5 Å². The van der Waals surface area contributed by atoms with Gasteiger partial charge in [-0.2, -0.15) is 0 Å². The molecule has 1 aromatic heterocycles. The first-order valence-electron chi connectivity index (χ1n) is 6.72.